The second-order valence-corrected chi connectivity index (χ2v) is 11.0. The summed E-state index contributed by atoms with van der Waals surface area (Å²) in [6, 6.07) is 5.00. The fourth-order valence-corrected chi connectivity index (χ4v) is 6.14. The molecule has 200 valence electrons. The first-order valence-electron chi connectivity index (χ1n) is 13.7. The number of hydrogen-bond donors (Lipinski definition) is 0. The van der Waals surface area contributed by atoms with E-state index in [0.29, 0.717) is 30.4 Å². The minimum atomic E-state index is -0.373. The van der Waals surface area contributed by atoms with Crippen LogP contribution in [0.4, 0.5) is 10.3 Å². The Kier molecular flexibility index (Phi) is 8.23. The number of aromatic nitrogens is 2. The van der Waals surface area contributed by atoms with Gasteiger partial charge in [-0.25, -0.2) is 14.4 Å². The van der Waals surface area contributed by atoms with E-state index in [2.05, 4.69) is 14.9 Å². The number of methoxy groups -OCH3 is 1. The van der Waals surface area contributed by atoms with Gasteiger partial charge in [0.15, 0.2) is 0 Å². The zero-order chi connectivity index (χ0) is 25.8. The van der Waals surface area contributed by atoms with Gasteiger partial charge >= 0.3 is 0 Å². The monoisotopic (exact) mass is 510 g/mol. The van der Waals surface area contributed by atoms with Gasteiger partial charge in [0, 0.05) is 45.2 Å². The Morgan fingerprint density at radius 2 is 1.92 bits per heavy atom. The first-order valence-corrected chi connectivity index (χ1v) is 13.7. The molecule has 8 heteroatoms. The summed E-state index contributed by atoms with van der Waals surface area (Å²) < 4.78 is 25.9. The van der Waals surface area contributed by atoms with E-state index in [1.54, 1.807) is 19.2 Å². The molecule has 3 fully saturated rings. The smallest absolute Gasteiger partial charge is 0.227 e. The summed E-state index contributed by atoms with van der Waals surface area (Å²) in [6.07, 6.45) is 10.4. The summed E-state index contributed by atoms with van der Waals surface area (Å²) in [5.74, 6) is 3.22. The van der Waals surface area contributed by atoms with Crippen LogP contribution >= 0.6 is 0 Å². The van der Waals surface area contributed by atoms with E-state index in [4.69, 9.17) is 9.47 Å². The maximum Gasteiger partial charge on any atom is 0.227 e. The van der Waals surface area contributed by atoms with E-state index in [1.165, 1.54) is 25.3 Å². The largest absolute Gasteiger partial charge is 0.493 e. The summed E-state index contributed by atoms with van der Waals surface area (Å²) in [7, 11) is 1.65. The van der Waals surface area contributed by atoms with Crippen molar-refractivity contribution in [3.63, 3.8) is 0 Å². The molecule has 1 aromatic carbocycles. The quantitative estimate of drug-likeness (QED) is 0.471. The third-order valence-corrected chi connectivity index (χ3v) is 8.35. The summed E-state index contributed by atoms with van der Waals surface area (Å²) in [5, 5.41) is 0. The molecule has 0 N–H and O–H groups in total. The molecule has 0 spiro atoms. The molecule has 0 unspecified atom stereocenters. The lowest BCUT2D eigenvalue weighted by atomic mass is 9.90. The molecule has 0 bridgehead atoms. The van der Waals surface area contributed by atoms with Crippen LogP contribution in [0.1, 0.15) is 49.7 Å². The van der Waals surface area contributed by atoms with Crippen LogP contribution in [-0.4, -0.2) is 66.8 Å². The number of amides is 1. The molecular formula is C29H39FN4O3. The van der Waals surface area contributed by atoms with Gasteiger partial charge in [-0.1, -0.05) is 6.07 Å². The summed E-state index contributed by atoms with van der Waals surface area (Å²) >= 11 is 0. The molecule has 0 radical (unpaired) electrons. The number of carbonyl (C=O) groups excluding carboxylic acids is 1. The summed E-state index contributed by atoms with van der Waals surface area (Å²) in [6.45, 7) is 5.90. The fraction of sp³-hybridized carbons (Fsp3) is 0.621. The maximum atomic E-state index is 14.7. The normalized spacial score (nSPS) is 23.9. The molecule has 2 saturated heterocycles. The Bertz CT molecular complexity index is 1060. The average molecular weight is 511 g/mol. The number of aryl methyl sites for hydroxylation is 1. The maximum absolute atomic E-state index is 14.7. The molecule has 5 rings (SSSR count). The van der Waals surface area contributed by atoms with Crippen molar-refractivity contribution >= 4 is 11.9 Å². The number of rotatable bonds is 10. The molecule has 3 aliphatic rings. The molecule has 3 heterocycles. The molecule has 7 nitrogen and oxygen atoms in total. The number of carbonyl (C=O) groups is 1. The third-order valence-electron chi connectivity index (χ3n) is 8.35. The van der Waals surface area contributed by atoms with Crippen molar-refractivity contribution in [3.8, 4) is 5.75 Å². The summed E-state index contributed by atoms with van der Waals surface area (Å²) in [4.78, 5) is 25.8. The Hall–Kier alpha value is -2.74. The second-order valence-electron chi connectivity index (χ2n) is 11.0. The number of halogens is 1. The Morgan fingerprint density at radius 1 is 1.14 bits per heavy atom. The van der Waals surface area contributed by atoms with Gasteiger partial charge in [0.2, 0.25) is 11.9 Å². The van der Waals surface area contributed by atoms with Crippen LogP contribution < -0.4 is 9.64 Å². The number of likely N-dealkylation sites (tertiary alicyclic amines) is 1. The standard InChI is InChI=1S/C29H39FN4O3/c1-20-17-31-29(32-18-20)33-11-7-21(8-12-33)26-14-22(26)9-13-37-25-6-5-23(27(30)16-25)15-28(35)34-10-3-4-24(34)19-36-2/h5-6,16-18,21-22,24,26H,3-4,7-15,19H2,1-2H3/t22-,24+,26-/m1/s1. The molecule has 1 saturated carbocycles. The lowest BCUT2D eigenvalue weighted by Gasteiger charge is -2.32. The van der Waals surface area contributed by atoms with Crippen molar-refractivity contribution in [3.05, 3.63) is 47.5 Å². The molecule has 1 aliphatic carbocycles. The molecule has 37 heavy (non-hydrogen) atoms. The Labute approximate surface area is 219 Å². The minimum absolute atomic E-state index is 0.0379. The number of ether oxygens (including phenoxy) is 2. The van der Waals surface area contributed by atoms with Crippen molar-refractivity contribution in [2.24, 2.45) is 17.8 Å². The van der Waals surface area contributed by atoms with E-state index in [1.807, 2.05) is 24.2 Å². The van der Waals surface area contributed by atoms with Gasteiger partial charge in [-0.3, -0.25) is 4.79 Å². The molecular weight excluding hydrogens is 471 g/mol. The van der Waals surface area contributed by atoms with Gasteiger partial charge in [-0.15, -0.1) is 0 Å². The van der Waals surface area contributed by atoms with Crippen LogP contribution in [0.2, 0.25) is 0 Å². The van der Waals surface area contributed by atoms with Gasteiger partial charge in [0.1, 0.15) is 11.6 Å². The van der Waals surface area contributed by atoms with E-state index in [0.717, 1.165) is 62.2 Å². The van der Waals surface area contributed by atoms with E-state index in [9.17, 15) is 9.18 Å². The van der Waals surface area contributed by atoms with Crippen LogP contribution in [0, 0.1) is 30.5 Å². The molecule has 1 aromatic heterocycles. The zero-order valence-electron chi connectivity index (χ0n) is 22.1. The third kappa shape index (κ3) is 6.40. The predicted molar refractivity (Wildman–Crippen MR) is 140 cm³/mol. The van der Waals surface area contributed by atoms with Gasteiger partial charge < -0.3 is 19.3 Å². The average Bonchev–Trinajstić information content (AvgIpc) is 3.52. The van der Waals surface area contributed by atoms with Crippen molar-refractivity contribution in [2.75, 3.05) is 44.9 Å². The van der Waals surface area contributed by atoms with Crippen molar-refractivity contribution in [1.82, 2.24) is 14.9 Å². The number of hydrogen-bond acceptors (Lipinski definition) is 6. The van der Waals surface area contributed by atoms with Crippen LogP contribution in [0.15, 0.2) is 30.6 Å². The number of anilines is 1. The van der Waals surface area contributed by atoms with E-state index >= 15 is 0 Å². The SMILES string of the molecule is COC[C@@H]1CCCN1C(=O)Cc1ccc(OCC[C@@H]2C[C@@H]2C2CCN(c3ncc(C)cn3)CC2)cc1F. The highest BCUT2D eigenvalue weighted by molar-refractivity contribution is 5.79. The highest BCUT2D eigenvalue weighted by Crippen LogP contribution is 2.49. The van der Waals surface area contributed by atoms with Gasteiger partial charge in [-0.05, 0) is 80.4 Å². The van der Waals surface area contributed by atoms with Crippen molar-refractivity contribution in [2.45, 2.75) is 57.9 Å². The highest BCUT2D eigenvalue weighted by Gasteiger charge is 2.43. The fourth-order valence-electron chi connectivity index (χ4n) is 6.14. The topological polar surface area (TPSA) is 67.8 Å². The Morgan fingerprint density at radius 3 is 2.65 bits per heavy atom. The van der Waals surface area contributed by atoms with E-state index in [-0.39, 0.29) is 24.2 Å². The number of piperidine rings is 1. The minimum Gasteiger partial charge on any atom is -0.493 e. The lowest BCUT2D eigenvalue weighted by molar-refractivity contribution is -0.132. The van der Waals surface area contributed by atoms with Crippen LogP contribution in [0.3, 0.4) is 0 Å². The number of benzene rings is 1. The van der Waals surface area contributed by atoms with Crippen LogP contribution in [-0.2, 0) is 16.0 Å². The number of nitrogens with zero attached hydrogens (tertiary/aromatic N) is 4. The zero-order valence-corrected chi connectivity index (χ0v) is 22.1. The lowest BCUT2D eigenvalue weighted by Crippen LogP contribution is -2.39. The van der Waals surface area contributed by atoms with Crippen LogP contribution in [0.5, 0.6) is 5.75 Å². The summed E-state index contributed by atoms with van der Waals surface area (Å²) in [5.41, 5.74) is 1.51. The molecule has 2 aliphatic heterocycles. The van der Waals surface area contributed by atoms with Crippen molar-refractivity contribution < 1.29 is 18.7 Å². The first-order chi connectivity index (χ1) is 18.0. The second kappa shape index (κ2) is 11.8. The highest BCUT2D eigenvalue weighted by atomic mass is 19.1. The molecule has 2 aromatic rings. The molecule has 1 amide bonds. The predicted octanol–water partition coefficient (Wildman–Crippen LogP) is 4.43. The molecule has 3 atom stereocenters. The van der Waals surface area contributed by atoms with Crippen LogP contribution in [0.25, 0.3) is 0 Å². The van der Waals surface area contributed by atoms with E-state index < -0.39 is 0 Å². The van der Waals surface area contributed by atoms with Gasteiger partial charge in [0.05, 0.1) is 25.7 Å². The van der Waals surface area contributed by atoms with Gasteiger partial charge in [-0.2, -0.15) is 0 Å². The first kappa shape index (κ1) is 25.9. The van der Waals surface area contributed by atoms with Gasteiger partial charge in [0.25, 0.3) is 0 Å². The van der Waals surface area contributed by atoms with Crippen molar-refractivity contribution in [1.29, 1.82) is 0 Å². The Balaban J connectivity index is 1.02.